The summed E-state index contributed by atoms with van der Waals surface area (Å²) in [7, 11) is 0. The maximum absolute atomic E-state index is 13.8. The number of halogens is 1. The second-order valence-corrected chi connectivity index (χ2v) is 7.79. The number of carbonyl (C=O) groups excluding carboxylic acids is 1. The highest BCUT2D eigenvalue weighted by molar-refractivity contribution is 5.81. The van der Waals surface area contributed by atoms with Gasteiger partial charge < -0.3 is 4.90 Å². The summed E-state index contributed by atoms with van der Waals surface area (Å²) < 4.78 is 16.9. The summed E-state index contributed by atoms with van der Waals surface area (Å²) in [5.74, 6) is -0.634. The maximum Gasteiger partial charge on any atom is 0.329 e. The van der Waals surface area contributed by atoms with E-state index in [1.165, 1.54) is 16.7 Å². The van der Waals surface area contributed by atoms with Crippen LogP contribution >= 0.6 is 0 Å². The number of carbonyl (C=O) groups is 1. The smallest absolute Gasteiger partial charge is 0.329 e. The lowest BCUT2D eigenvalue weighted by atomic mass is 10.1. The lowest BCUT2D eigenvalue weighted by molar-refractivity contribution is -0.133. The fraction of sp³-hybridized carbons (Fsp3) is 0.192. The number of imidazole rings is 1. The highest BCUT2D eigenvalue weighted by Crippen LogP contribution is 2.16. The number of nitrogens with zero attached hydrogens (tertiary/aromatic N) is 4. The van der Waals surface area contributed by atoms with Gasteiger partial charge in [-0.05, 0) is 54.4 Å². The van der Waals surface area contributed by atoms with Crippen LogP contribution in [-0.4, -0.2) is 19.9 Å². The molecule has 0 aliphatic rings. The quantitative estimate of drug-likeness (QED) is 0.433. The fourth-order valence-electron chi connectivity index (χ4n) is 3.96. The molecule has 0 saturated carbocycles. The number of fused-ring (bicyclic) bond motifs is 1. The summed E-state index contributed by atoms with van der Waals surface area (Å²) in [6, 6.07) is 22.6. The highest BCUT2D eigenvalue weighted by Gasteiger charge is 2.20. The van der Waals surface area contributed by atoms with Crippen LogP contribution in [0.3, 0.4) is 0 Å². The molecule has 7 heteroatoms. The number of aryl methyl sites for hydroxylation is 1. The summed E-state index contributed by atoms with van der Waals surface area (Å²) in [5.41, 5.74) is 3.25. The van der Waals surface area contributed by atoms with Crippen LogP contribution in [0.1, 0.15) is 23.6 Å². The molecule has 0 N–H and O–H groups in total. The standard InChI is InChI=1S/C26H23FN4O2/c1-2-30-23-8-3-4-9-24(23)31(26(30)33)18-25(32)29(17-21-6-5-7-22(27)14-21)16-20-12-10-19(15-28)11-13-20/h3-14H,2,16-18H2,1H3. The van der Waals surface area contributed by atoms with Crippen molar-refractivity contribution in [1.82, 2.24) is 14.0 Å². The van der Waals surface area contributed by atoms with Crippen molar-refractivity contribution in [2.75, 3.05) is 0 Å². The van der Waals surface area contributed by atoms with Crippen LogP contribution in [0.2, 0.25) is 0 Å². The normalized spacial score (nSPS) is 10.8. The second kappa shape index (κ2) is 9.53. The Balaban J connectivity index is 1.67. The van der Waals surface area contributed by atoms with Crippen molar-refractivity contribution in [3.8, 4) is 6.07 Å². The first-order valence-electron chi connectivity index (χ1n) is 10.7. The summed E-state index contributed by atoms with van der Waals surface area (Å²) in [4.78, 5) is 28.0. The molecule has 0 bridgehead atoms. The van der Waals surface area contributed by atoms with Crippen LogP contribution in [0.25, 0.3) is 11.0 Å². The predicted octanol–water partition coefficient (Wildman–Crippen LogP) is 4.06. The van der Waals surface area contributed by atoms with Gasteiger partial charge in [-0.1, -0.05) is 36.4 Å². The minimum Gasteiger partial charge on any atom is -0.332 e. The van der Waals surface area contributed by atoms with E-state index < -0.39 is 0 Å². The number of amides is 1. The van der Waals surface area contributed by atoms with Crippen LogP contribution in [0, 0.1) is 17.1 Å². The molecule has 6 nitrogen and oxygen atoms in total. The zero-order valence-corrected chi connectivity index (χ0v) is 18.2. The first-order valence-corrected chi connectivity index (χ1v) is 10.7. The second-order valence-electron chi connectivity index (χ2n) is 7.79. The molecule has 0 aliphatic heterocycles. The molecule has 1 amide bonds. The third-order valence-electron chi connectivity index (χ3n) is 5.61. The molecule has 33 heavy (non-hydrogen) atoms. The van der Waals surface area contributed by atoms with E-state index in [1.54, 1.807) is 45.9 Å². The Hall–Kier alpha value is -4.18. The number of aromatic nitrogens is 2. The Bertz CT molecular complexity index is 1400. The summed E-state index contributed by atoms with van der Waals surface area (Å²) in [6.07, 6.45) is 0. The van der Waals surface area contributed by atoms with Crippen molar-refractivity contribution in [3.05, 3.63) is 106 Å². The average molecular weight is 442 g/mol. The van der Waals surface area contributed by atoms with Crippen LogP contribution < -0.4 is 5.69 Å². The summed E-state index contributed by atoms with van der Waals surface area (Å²) in [5, 5.41) is 9.03. The number of nitriles is 1. The zero-order valence-electron chi connectivity index (χ0n) is 18.2. The Morgan fingerprint density at radius 3 is 2.24 bits per heavy atom. The van der Waals surface area contributed by atoms with Crippen molar-refractivity contribution in [1.29, 1.82) is 5.26 Å². The third-order valence-corrected chi connectivity index (χ3v) is 5.61. The molecule has 0 unspecified atom stereocenters. The van der Waals surface area contributed by atoms with E-state index in [0.29, 0.717) is 23.2 Å². The van der Waals surface area contributed by atoms with E-state index in [-0.39, 0.29) is 37.0 Å². The zero-order chi connectivity index (χ0) is 23.4. The van der Waals surface area contributed by atoms with Crippen LogP contribution in [0.4, 0.5) is 4.39 Å². The number of rotatable bonds is 7. The number of hydrogen-bond donors (Lipinski definition) is 0. The van der Waals surface area contributed by atoms with E-state index in [2.05, 4.69) is 6.07 Å². The lowest BCUT2D eigenvalue weighted by Gasteiger charge is -2.23. The Kier molecular flexibility index (Phi) is 6.36. The SMILES string of the molecule is CCn1c(=O)n(CC(=O)N(Cc2ccc(C#N)cc2)Cc2cccc(F)c2)c2ccccc21. The van der Waals surface area contributed by atoms with Gasteiger partial charge in [0.1, 0.15) is 12.4 Å². The van der Waals surface area contributed by atoms with Gasteiger partial charge >= 0.3 is 5.69 Å². The van der Waals surface area contributed by atoms with Gasteiger partial charge in [-0.25, -0.2) is 9.18 Å². The summed E-state index contributed by atoms with van der Waals surface area (Å²) in [6.45, 7) is 2.72. The molecular formula is C26H23FN4O2. The molecule has 4 rings (SSSR count). The van der Waals surface area contributed by atoms with Gasteiger partial charge in [0.25, 0.3) is 0 Å². The van der Waals surface area contributed by atoms with Gasteiger partial charge in [0.2, 0.25) is 5.91 Å². The van der Waals surface area contributed by atoms with Crippen molar-refractivity contribution < 1.29 is 9.18 Å². The van der Waals surface area contributed by atoms with E-state index in [1.807, 2.05) is 31.2 Å². The molecule has 0 spiro atoms. The maximum atomic E-state index is 13.8. The largest absolute Gasteiger partial charge is 0.332 e. The fourth-order valence-corrected chi connectivity index (χ4v) is 3.96. The molecule has 0 aliphatic carbocycles. The van der Waals surface area contributed by atoms with Gasteiger partial charge in [-0.15, -0.1) is 0 Å². The molecule has 3 aromatic carbocycles. The van der Waals surface area contributed by atoms with E-state index >= 15 is 0 Å². The molecule has 4 aromatic rings. The monoisotopic (exact) mass is 442 g/mol. The summed E-state index contributed by atoms with van der Waals surface area (Å²) >= 11 is 0. The predicted molar refractivity (Wildman–Crippen MR) is 124 cm³/mol. The van der Waals surface area contributed by atoms with Crippen molar-refractivity contribution >= 4 is 16.9 Å². The van der Waals surface area contributed by atoms with E-state index in [4.69, 9.17) is 5.26 Å². The molecular weight excluding hydrogens is 419 g/mol. The molecule has 1 heterocycles. The first-order chi connectivity index (χ1) is 16.0. The molecule has 0 fully saturated rings. The van der Waals surface area contributed by atoms with Crippen LogP contribution in [0.15, 0.2) is 77.6 Å². The van der Waals surface area contributed by atoms with Crippen LogP contribution in [0.5, 0.6) is 0 Å². The third kappa shape index (κ3) is 4.70. The average Bonchev–Trinajstić information content (AvgIpc) is 3.09. The Morgan fingerprint density at radius 1 is 0.939 bits per heavy atom. The number of para-hydroxylation sites is 2. The Labute approximate surface area is 190 Å². The minimum atomic E-state index is -0.375. The van der Waals surface area contributed by atoms with Gasteiger partial charge in [0.15, 0.2) is 0 Å². The lowest BCUT2D eigenvalue weighted by Crippen LogP contribution is -2.36. The van der Waals surface area contributed by atoms with Crippen molar-refractivity contribution in [2.24, 2.45) is 0 Å². The minimum absolute atomic E-state index is 0.127. The van der Waals surface area contributed by atoms with E-state index in [9.17, 15) is 14.0 Å². The van der Waals surface area contributed by atoms with Crippen LogP contribution in [-0.2, 0) is 31.0 Å². The number of benzene rings is 3. The van der Waals surface area contributed by atoms with Crippen molar-refractivity contribution in [2.45, 2.75) is 33.1 Å². The molecule has 0 atom stereocenters. The molecule has 0 radical (unpaired) electrons. The number of hydrogen-bond acceptors (Lipinski definition) is 3. The van der Waals surface area contributed by atoms with Gasteiger partial charge in [0.05, 0.1) is 22.7 Å². The van der Waals surface area contributed by atoms with Crippen molar-refractivity contribution in [3.63, 3.8) is 0 Å². The molecule has 1 aromatic heterocycles. The first kappa shape index (κ1) is 22.0. The van der Waals surface area contributed by atoms with Gasteiger partial charge in [0, 0.05) is 19.6 Å². The molecule has 0 saturated heterocycles. The van der Waals surface area contributed by atoms with E-state index in [0.717, 1.165) is 11.1 Å². The Morgan fingerprint density at radius 2 is 1.61 bits per heavy atom. The van der Waals surface area contributed by atoms with Gasteiger partial charge in [-0.3, -0.25) is 13.9 Å². The topological polar surface area (TPSA) is 71.0 Å². The van der Waals surface area contributed by atoms with Gasteiger partial charge in [-0.2, -0.15) is 5.26 Å². The molecule has 166 valence electrons. The highest BCUT2D eigenvalue weighted by atomic mass is 19.1.